The zero-order valence-corrected chi connectivity index (χ0v) is 35.5. The minimum Gasteiger partial charge on any atom is -0.467 e. The molecule has 58 heavy (non-hydrogen) atoms. The van der Waals surface area contributed by atoms with E-state index < -0.39 is 29.0 Å². The number of allylic oxidation sites excluding steroid dienone is 7. The van der Waals surface area contributed by atoms with Crippen LogP contribution < -0.4 is 21.3 Å². The summed E-state index contributed by atoms with van der Waals surface area (Å²) in [6.07, 6.45) is 13.3. The molecule has 2 aromatic rings. The van der Waals surface area contributed by atoms with E-state index in [1.54, 1.807) is 25.3 Å². The third-order valence-corrected chi connectivity index (χ3v) is 11.2. The standard InChI is InChI=1S/C43H52N6O6S.CH4S/c1-4-33-39(49(53)54)22-21-35(40(33)44)45-24-23-34(31-17-11-18-31)46-37(26-30-15-9-6-10-16-30)42(51)48-36(25-29-13-7-5-8-14-29)41(32-19-12-20-32)47-38(43(52)55-3)27-56-28(2)50;1-2/h4-10,13-16,21-22,36-38,44-47H,11-12,17-20,23-27H2,1-3H3,(H,48,51);2H,1H3. The molecular weight excluding hydrogens is 773 g/mol. The van der Waals surface area contributed by atoms with Gasteiger partial charge in [0.1, 0.15) is 12.1 Å². The Labute approximate surface area is 351 Å². The van der Waals surface area contributed by atoms with Crippen molar-refractivity contribution in [2.75, 3.05) is 25.7 Å². The molecule has 2 aromatic carbocycles. The number of nitro groups is 1. The SMILES string of the molecule is CC=C1C(=N)C(NCCC(NC(Cc2ccccc2)C(=O)NC(Cc2ccccc2)C(NC(CSC(C)=O)C(=O)OC)=C2CCC2)=C2CCC2)=CC=C1[N+](=O)[O-].CS. The van der Waals surface area contributed by atoms with Crippen LogP contribution in [0, 0.1) is 15.5 Å². The highest BCUT2D eigenvalue weighted by Gasteiger charge is 2.32. The van der Waals surface area contributed by atoms with Crippen molar-refractivity contribution in [3.05, 3.63) is 140 Å². The molecule has 3 atom stereocenters. The van der Waals surface area contributed by atoms with Crippen molar-refractivity contribution in [3.63, 3.8) is 0 Å². The van der Waals surface area contributed by atoms with Crippen LogP contribution in [0.5, 0.6) is 0 Å². The van der Waals surface area contributed by atoms with Gasteiger partial charge < -0.3 is 26.0 Å². The molecular formula is C44H56N6O6S2. The summed E-state index contributed by atoms with van der Waals surface area (Å²) in [4.78, 5) is 50.8. The maximum atomic E-state index is 14.7. The minimum absolute atomic E-state index is 0.0672. The van der Waals surface area contributed by atoms with Gasteiger partial charge in [0, 0.05) is 49.5 Å². The molecule has 2 saturated carbocycles. The van der Waals surface area contributed by atoms with Gasteiger partial charge in [-0.15, -0.1) is 0 Å². The topological polar surface area (TPSA) is 176 Å². The summed E-state index contributed by atoms with van der Waals surface area (Å²) in [5.74, 6) is -0.489. The van der Waals surface area contributed by atoms with Crippen LogP contribution in [-0.2, 0) is 32.0 Å². The molecule has 0 aliphatic heterocycles. The second-order valence-corrected chi connectivity index (χ2v) is 15.3. The van der Waals surface area contributed by atoms with Crippen LogP contribution in [-0.4, -0.2) is 71.4 Å². The fourth-order valence-electron chi connectivity index (χ4n) is 6.92. The summed E-state index contributed by atoms with van der Waals surface area (Å²) in [7, 11) is 1.33. The Bertz CT molecular complexity index is 1930. The second-order valence-electron chi connectivity index (χ2n) is 14.1. The lowest BCUT2D eigenvalue weighted by Gasteiger charge is -2.34. The quantitative estimate of drug-likeness (QED) is 0.0385. The van der Waals surface area contributed by atoms with Crippen LogP contribution in [0.3, 0.4) is 0 Å². The molecule has 3 unspecified atom stereocenters. The van der Waals surface area contributed by atoms with Crippen LogP contribution in [0.2, 0.25) is 0 Å². The lowest BCUT2D eigenvalue weighted by Crippen LogP contribution is -2.53. The Kier molecular flexibility index (Phi) is 18.4. The highest BCUT2D eigenvalue weighted by atomic mass is 32.2. The van der Waals surface area contributed by atoms with E-state index in [1.165, 1.54) is 25.7 Å². The molecule has 0 radical (unpaired) electrons. The van der Waals surface area contributed by atoms with E-state index in [0.29, 0.717) is 31.5 Å². The van der Waals surface area contributed by atoms with E-state index in [-0.39, 0.29) is 33.8 Å². The van der Waals surface area contributed by atoms with Gasteiger partial charge in [0.05, 0.1) is 35.1 Å². The highest BCUT2D eigenvalue weighted by Crippen LogP contribution is 2.32. The number of methoxy groups -OCH3 is 1. The Morgan fingerprint density at radius 2 is 1.47 bits per heavy atom. The predicted molar refractivity (Wildman–Crippen MR) is 235 cm³/mol. The van der Waals surface area contributed by atoms with Gasteiger partial charge >= 0.3 is 5.97 Å². The molecule has 12 nitrogen and oxygen atoms in total. The zero-order valence-electron chi connectivity index (χ0n) is 33.8. The number of thioether (sulfide) groups is 1. The monoisotopic (exact) mass is 828 g/mol. The number of benzene rings is 2. The number of ether oxygens (including phenoxy) is 1. The van der Waals surface area contributed by atoms with Crippen LogP contribution in [0.25, 0.3) is 0 Å². The van der Waals surface area contributed by atoms with Crippen LogP contribution in [0.1, 0.15) is 69.9 Å². The number of nitrogens with one attached hydrogen (secondary N) is 5. The van der Waals surface area contributed by atoms with Crippen molar-refractivity contribution in [2.24, 2.45) is 0 Å². The van der Waals surface area contributed by atoms with Crippen molar-refractivity contribution in [3.8, 4) is 0 Å². The molecule has 0 bridgehead atoms. The van der Waals surface area contributed by atoms with E-state index in [4.69, 9.17) is 10.1 Å². The number of carbonyl (C=O) groups is 3. The molecule has 0 aromatic heterocycles. The Morgan fingerprint density at radius 3 is 1.97 bits per heavy atom. The Hall–Kier alpha value is -5.08. The van der Waals surface area contributed by atoms with Gasteiger partial charge in [-0.05, 0) is 80.9 Å². The van der Waals surface area contributed by atoms with Crippen molar-refractivity contribution in [1.29, 1.82) is 5.41 Å². The minimum atomic E-state index is -0.792. The van der Waals surface area contributed by atoms with Crippen LogP contribution in [0.4, 0.5) is 0 Å². The second kappa shape index (κ2) is 23.4. The molecule has 0 heterocycles. The molecule has 0 saturated heterocycles. The van der Waals surface area contributed by atoms with Crippen molar-refractivity contribution >= 4 is 47.1 Å². The maximum Gasteiger partial charge on any atom is 0.329 e. The summed E-state index contributed by atoms with van der Waals surface area (Å²) in [5, 5.41) is 33.8. The van der Waals surface area contributed by atoms with Gasteiger partial charge in [-0.1, -0.05) is 84.1 Å². The zero-order chi connectivity index (χ0) is 42.0. The summed E-state index contributed by atoms with van der Waals surface area (Å²) >= 11 is 4.58. The number of amides is 1. The first-order chi connectivity index (χ1) is 28.1. The molecule has 14 heteroatoms. The molecule has 5 N–H and O–H groups in total. The third kappa shape index (κ3) is 13.0. The average Bonchev–Trinajstić information content (AvgIpc) is 3.18. The van der Waals surface area contributed by atoms with E-state index in [2.05, 4.69) is 33.9 Å². The number of rotatable bonds is 19. The largest absolute Gasteiger partial charge is 0.467 e. The first-order valence-electron chi connectivity index (χ1n) is 19.6. The first kappa shape index (κ1) is 45.6. The number of hydrogen-bond acceptors (Lipinski definition) is 12. The molecule has 3 aliphatic rings. The molecule has 2 fully saturated rings. The van der Waals surface area contributed by atoms with Gasteiger partial charge in [-0.2, -0.15) is 12.6 Å². The van der Waals surface area contributed by atoms with E-state index in [9.17, 15) is 24.5 Å². The first-order valence-corrected chi connectivity index (χ1v) is 21.5. The lowest BCUT2D eigenvalue weighted by molar-refractivity contribution is -0.420. The number of nitrogens with zero attached hydrogens (tertiary/aromatic N) is 1. The van der Waals surface area contributed by atoms with E-state index in [1.807, 2.05) is 60.7 Å². The maximum absolute atomic E-state index is 14.7. The van der Waals surface area contributed by atoms with Crippen molar-refractivity contribution in [1.82, 2.24) is 21.3 Å². The van der Waals surface area contributed by atoms with E-state index >= 15 is 0 Å². The van der Waals surface area contributed by atoms with Gasteiger partial charge in [0.2, 0.25) is 5.91 Å². The number of esters is 1. The molecule has 5 rings (SSSR count). The molecule has 310 valence electrons. The molecule has 3 aliphatic carbocycles. The summed E-state index contributed by atoms with van der Waals surface area (Å²) in [6, 6.07) is 17.8. The fourth-order valence-corrected chi connectivity index (χ4v) is 7.54. The summed E-state index contributed by atoms with van der Waals surface area (Å²) in [5.41, 5.74) is 6.87. The third-order valence-electron chi connectivity index (χ3n) is 10.3. The predicted octanol–water partition coefficient (Wildman–Crippen LogP) is 6.75. The van der Waals surface area contributed by atoms with Crippen molar-refractivity contribution in [2.45, 2.75) is 89.8 Å². The average molecular weight is 829 g/mol. The lowest BCUT2D eigenvalue weighted by atomic mass is 9.86. The number of thiol groups is 1. The highest BCUT2D eigenvalue weighted by molar-refractivity contribution is 8.13. The van der Waals surface area contributed by atoms with Gasteiger partial charge in [0.15, 0.2) is 5.12 Å². The summed E-state index contributed by atoms with van der Waals surface area (Å²) in [6.45, 7) is 3.60. The number of carbonyl (C=O) groups excluding carboxylic acids is 3. The Balaban J connectivity index is 0.00000366. The smallest absolute Gasteiger partial charge is 0.329 e. The Morgan fingerprint density at radius 1 is 0.879 bits per heavy atom. The molecule has 1 amide bonds. The van der Waals surface area contributed by atoms with Gasteiger partial charge in [0.25, 0.3) is 5.70 Å². The van der Waals surface area contributed by atoms with Crippen LogP contribution in [0.15, 0.2) is 118 Å². The van der Waals surface area contributed by atoms with E-state index in [0.717, 1.165) is 78.4 Å². The van der Waals surface area contributed by atoms with Crippen LogP contribution >= 0.6 is 24.4 Å². The van der Waals surface area contributed by atoms with Gasteiger partial charge in [-0.3, -0.25) is 25.1 Å². The van der Waals surface area contributed by atoms with Crippen molar-refractivity contribution < 1.29 is 24.0 Å². The normalized spacial score (nSPS) is 16.7. The fraction of sp³-hybridized carbons (Fsp3) is 0.409. The van der Waals surface area contributed by atoms with Gasteiger partial charge in [-0.25, -0.2) is 4.79 Å². The summed E-state index contributed by atoms with van der Waals surface area (Å²) < 4.78 is 5.14. The molecule has 0 spiro atoms. The number of hydrogen-bond donors (Lipinski definition) is 6.